The number of hydrogen-bond acceptors (Lipinski definition) is 8. The normalized spacial score (nSPS) is 20.3. The van der Waals surface area contributed by atoms with Crippen LogP contribution in [0.2, 0.25) is 0 Å². The van der Waals surface area contributed by atoms with E-state index >= 15 is 0 Å². The molecule has 0 aromatic carbocycles. The summed E-state index contributed by atoms with van der Waals surface area (Å²) >= 11 is 3.90. The lowest BCUT2D eigenvalue weighted by molar-refractivity contribution is -0.147. The minimum atomic E-state index is -1.55. The Morgan fingerprint density at radius 2 is 1.86 bits per heavy atom. The third-order valence-electron chi connectivity index (χ3n) is 4.44. The highest BCUT2D eigenvalue weighted by atomic mass is 32.1. The smallest absolute Gasteiger partial charge is 0.328 e. The van der Waals surface area contributed by atoms with Crippen molar-refractivity contribution in [1.82, 2.24) is 15.5 Å². The molecule has 0 aromatic heterocycles. The van der Waals surface area contributed by atoms with Crippen molar-refractivity contribution in [3.8, 4) is 0 Å². The number of aliphatic hydroxyl groups excluding tert-OH is 1. The molecule has 5 unspecified atom stereocenters. The molecule has 5 atom stereocenters. The van der Waals surface area contributed by atoms with E-state index in [1.165, 1.54) is 6.92 Å². The van der Waals surface area contributed by atoms with Gasteiger partial charge in [-0.05, 0) is 19.8 Å². The van der Waals surface area contributed by atoms with Gasteiger partial charge in [-0.1, -0.05) is 0 Å². The molecular formula is C16H27N5O7S. The molecule has 1 rings (SSSR count). The molecule has 0 bridgehead atoms. The Morgan fingerprint density at radius 1 is 1.24 bits per heavy atom. The number of primary amides is 1. The maximum atomic E-state index is 12.9. The van der Waals surface area contributed by atoms with E-state index in [9.17, 15) is 29.1 Å². The molecule has 0 spiro atoms. The summed E-state index contributed by atoms with van der Waals surface area (Å²) < 4.78 is 0. The van der Waals surface area contributed by atoms with Gasteiger partial charge in [0, 0.05) is 12.3 Å². The van der Waals surface area contributed by atoms with E-state index in [1.807, 2.05) is 0 Å². The fourth-order valence-electron chi connectivity index (χ4n) is 2.90. The lowest BCUT2D eigenvalue weighted by Crippen LogP contribution is -2.58. The van der Waals surface area contributed by atoms with Crippen molar-refractivity contribution in [1.29, 1.82) is 0 Å². The molecule has 12 nitrogen and oxygen atoms in total. The van der Waals surface area contributed by atoms with Crippen molar-refractivity contribution >= 4 is 42.2 Å². The summed E-state index contributed by atoms with van der Waals surface area (Å²) in [5.74, 6) is -4.45. The minimum absolute atomic E-state index is 0.00792. The molecule has 1 heterocycles. The second-order valence-corrected chi connectivity index (χ2v) is 7.14. The van der Waals surface area contributed by atoms with Gasteiger partial charge in [0.15, 0.2) is 6.04 Å². The van der Waals surface area contributed by atoms with E-state index in [2.05, 4.69) is 23.3 Å². The highest BCUT2D eigenvalue weighted by Gasteiger charge is 2.40. The average molecular weight is 433 g/mol. The zero-order valence-corrected chi connectivity index (χ0v) is 16.8. The predicted molar refractivity (Wildman–Crippen MR) is 104 cm³/mol. The van der Waals surface area contributed by atoms with Crippen molar-refractivity contribution in [3.63, 3.8) is 0 Å². The van der Waals surface area contributed by atoms with Gasteiger partial charge in [0.05, 0.1) is 18.6 Å². The number of carboxylic acids is 1. The Kier molecular flexibility index (Phi) is 9.33. The molecule has 0 radical (unpaired) electrons. The lowest BCUT2D eigenvalue weighted by Gasteiger charge is -2.29. The predicted octanol–water partition coefficient (Wildman–Crippen LogP) is -3.46. The zero-order valence-electron chi connectivity index (χ0n) is 15.9. The van der Waals surface area contributed by atoms with Gasteiger partial charge in [0.25, 0.3) is 0 Å². The first kappa shape index (κ1) is 24.7. The summed E-state index contributed by atoms with van der Waals surface area (Å²) in [6, 6.07) is -4.91. The van der Waals surface area contributed by atoms with Crippen LogP contribution >= 0.6 is 12.6 Å². The molecule has 1 aliphatic heterocycles. The Morgan fingerprint density at radius 3 is 2.34 bits per heavy atom. The molecule has 1 aliphatic rings. The number of rotatable bonds is 10. The zero-order chi connectivity index (χ0) is 22.3. The number of nitrogens with one attached hydrogen (secondary N) is 2. The number of aliphatic hydroxyl groups is 1. The molecule has 8 N–H and O–H groups in total. The van der Waals surface area contributed by atoms with E-state index < -0.39 is 66.3 Å². The molecule has 13 heteroatoms. The van der Waals surface area contributed by atoms with Gasteiger partial charge >= 0.3 is 5.97 Å². The number of hydrogen-bond donors (Lipinski definition) is 7. The van der Waals surface area contributed by atoms with Crippen LogP contribution in [-0.4, -0.2) is 87.3 Å². The summed E-state index contributed by atoms with van der Waals surface area (Å²) in [6.45, 7) is 1.37. The van der Waals surface area contributed by atoms with Crippen LogP contribution < -0.4 is 22.1 Å². The standard InChI is InChI=1S/C16H27N5O7S/c1-7(22)12(16(27)28)20-14(25)10-3-2-4-21(10)15(26)9(5-11(18)23)19-13(24)8(17)6-29/h7-10,12,22,29H,2-6,17H2,1H3,(H2,18,23)(H,19,24)(H,20,25)(H,27,28). The van der Waals surface area contributed by atoms with Gasteiger partial charge in [-0.3, -0.25) is 19.2 Å². The molecule has 0 saturated carbocycles. The highest BCUT2D eigenvalue weighted by Crippen LogP contribution is 2.20. The molecule has 0 aliphatic carbocycles. The quantitative estimate of drug-likeness (QED) is 0.172. The van der Waals surface area contributed by atoms with E-state index in [0.29, 0.717) is 6.42 Å². The lowest BCUT2D eigenvalue weighted by atomic mass is 10.1. The average Bonchev–Trinajstić information content (AvgIpc) is 3.12. The fourth-order valence-corrected chi connectivity index (χ4v) is 3.07. The first-order valence-electron chi connectivity index (χ1n) is 8.96. The second kappa shape index (κ2) is 11.0. The highest BCUT2D eigenvalue weighted by molar-refractivity contribution is 7.80. The topological polar surface area (TPSA) is 205 Å². The Bertz CT molecular complexity index is 660. The summed E-state index contributed by atoms with van der Waals surface area (Å²) in [7, 11) is 0. The second-order valence-electron chi connectivity index (χ2n) is 6.78. The molecule has 1 saturated heterocycles. The maximum absolute atomic E-state index is 12.9. The van der Waals surface area contributed by atoms with Crippen LogP contribution in [0.1, 0.15) is 26.2 Å². The molecule has 29 heavy (non-hydrogen) atoms. The van der Waals surface area contributed by atoms with E-state index in [4.69, 9.17) is 16.6 Å². The molecule has 164 valence electrons. The van der Waals surface area contributed by atoms with Crippen molar-refractivity contribution in [2.24, 2.45) is 11.5 Å². The third-order valence-corrected chi connectivity index (χ3v) is 4.83. The Balaban J connectivity index is 2.96. The first-order valence-corrected chi connectivity index (χ1v) is 9.59. The van der Waals surface area contributed by atoms with Crippen LogP contribution in [-0.2, 0) is 24.0 Å². The number of aliphatic carboxylic acids is 1. The number of amides is 4. The number of carboxylic acid groups (broad SMARTS) is 1. The molecule has 0 aromatic rings. The summed E-state index contributed by atoms with van der Waals surface area (Å²) in [5.41, 5.74) is 10.7. The van der Waals surface area contributed by atoms with Gasteiger partial charge in [-0.15, -0.1) is 0 Å². The molecule has 4 amide bonds. The Hall–Kier alpha value is -2.38. The van der Waals surface area contributed by atoms with Gasteiger partial charge in [-0.2, -0.15) is 12.6 Å². The van der Waals surface area contributed by atoms with Crippen LogP contribution in [0.25, 0.3) is 0 Å². The van der Waals surface area contributed by atoms with Crippen molar-refractivity contribution in [2.75, 3.05) is 12.3 Å². The van der Waals surface area contributed by atoms with Gasteiger partial charge in [-0.25, -0.2) is 4.79 Å². The summed E-state index contributed by atoms with van der Waals surface area (Å²) in [4.78, 5) is 61.1. The summed E-state index contributed by atoms with van der Waals surface area (Å²) in [5, 5.41) is 23.2. The van der Waals surface area contributed by atoms with E-state index in [-0.39, 0.29) is 18.7 Å². The van der Waals surface area contributed by atoms with Gasteiger partial charge in [0.1, 0.15) is 12.1 Å². The summed E-state index contributed by atoms with van der Waals surface area (Å²) in [6.07, 6.45) is -1.16. The Labute approximate surface area is 172 Å². The van der Waals surface area contributed by atoms with Crippen LogP contribution in [0.4, 0.5) is 0 Å². The third kappa shape index (κ3) is 6.87. The van der Waals surface area contributed by atoms with Crippen molar-refractivity contribution < 1.29 is 34.2 Å². The largest absolute Gasteiger partial charge is 0.480 e. The van der Waals surface area contributed by atoms with Crippen LogP contribution in [0.3, 0.4) is 0 Å². The number of carbonyl (C=O) groups is 5. The van der Waals surface area contributed by atoms with E-state index in [0.717, 1.165) is 4.90 Å². The number of nitrogens with two attached hydrogens (primary N) is 2. The first-order chi connectivity index (χ1) is 13.5. The number of nitrogens with zero attached hydrogens (tertiary/aromatic N) is 1. The minimum Gasteiger partial charge on any atom is -0.480 e. The van der Waals surface area contributed by atoms with Crippen LogP contribution in [0, 0.1) is 0 Å². The number of likely N-dealkylation sites (tertiary alicyclic amines) is 1. The van der Waals surface area contributed by atoms with Crippen molar-refractivity contribution in [3.05, 3.63) is 0 Å². The fraction of sp³-hybridized carbons (Fsp3) is 0.688. The maximum Gasteiger partial charge on any atom is 0.328 e. The van der Waals surface area contributed by atoms with E-state index in [1.54, 1.807) is 0 Å². The molecular weight excluding hydrogens is 406 g/mol. The van der Waals surface area contributed by atoms with Crippen molar-refractivity contribution in [2.45, 2.75) is 56.5 Å². The monoisotopic (exact) mass is 433 g/mol. The van der Waals surface area contributed by atoms with Crippen LogP contribution in [0.15, 0.2) is 0 Å². The SMILES string of the molecule is CC(O)C(NC(=O)C1CCCN1C(=O)C(CC(N)=O)NC(=O)C(N)CS)C(=O)O. The number of carbonyl (C=O) groups excluding carboxylic acids is 4. The van der Waals surface area contributed by atoms with Gasteiger partial charge in [0.2, 0.25) is 23.6 Å². The molecule has 1 fully saturated rings. The van der Waals surface area contributed by atoms with Gasteiger partial charge < -0.3 is 37.2 Å². The number of thiol groups is 1. The van der Waals surface area contributed by atoms with Crippen LogP contribution in [0.5, 0.6) is 0 Å².